The van der Waals surface area contributed by atoms with Crippen LogP contribution in [0.3, 0.4) is 0 Å². The molecule has 2 unspecified atom stereocenters. The van der Waals surface area contributed by atoms with Crippen molar-refractivity contribution in [1.82, 2.24) is 15.2 Å². The molecule has 7 nitrogen and oxygen atoms in total. The first-order chi connectivity index (χ1) is 7.27. The molecule has 0 spiro atoms. The first-order valence-corrected chi connectivity index (χ1v) is 4.62. The third kappa shape index (κ3) is 1.07. The molecule has 1 fully saturated rings. The van der Waals surface area contributed by atoms with Crippen LogP contribution < -0.4 is 16.9 Å². The number of pyridine rings is 1. The predicted molar refractivity (Wildman–Crippen MR) is 54.9 cm³/mol. The summed E-state index contributed by atoms with van der Waals surface area (Å²) in [5, 5.41) is 7.47. The van der Waals surface area contributed by atoms with Gasteiger partial charge in [-0.25, -0.2) is 0 Å². The molecule has 5 N–H and O–H groups in total. The Labute approximate surface area is 86.3 Å². The van der Waals surface area contributed by atoms with Gasteiger partial charge in [-0.15, -0.1) is 10.2 Å². The van der Waals surface area contributed by atoms with E-state index in [2.05, 4.69) is 15.5 Å². The summed E-state index contributed by atoms with van der Waals surface area (Å²) >= 11 is 0. The highest BCUT2D eigenvalue weighted by molar-refractivity contribution is 5.89. The molecule has 0 radical (unpaired) electrons. The Morgan fingerprint density at radius 1 is 1.47 bits per heavy atom. The quantitative estimate of drug-likeness (QED) is 0.566. The zero-order chi connectivity index (χ0) is 10.4. The van der Waals surface area contributed by atoms with E-state index in [-0.39, 0.29) is 12.2 Å². The fourth-order valence-corrected chi connectivity index (χ4v) is 1.75. The van der Waals surface area contributed by atoms with Gasteiger partial charge >= 0.3 is 0 Å². The zero-order valence-electron chi connectivity index (χ0n) is 7.91. The van der Waals surface area contributed by atoms with Gasteiger partial charge in [0, 0.05) is 6.20 Å². The number of nitrogens with one attached hydrogen (secondary N) is 1. The molecule has 4 heterocycles. The number of hydrazine groups is 2. The van der Waals surface area contributed by atoms with E-state index in [9.17, 15) is 0 Å². The lowest BCUT2D eigenvalue weighted by Crippen LogP contribution is -2.72. The first-order valence-electron chi connectivity index (χ1n) is 4.62. The van der Waals surface area contributed by atoms with Crippen molar-refractivity contribution >= 4 is 11.5 Å². The molecule has 15 heavy (non-hydrogen) atoms. The van der Waals surface area contributed by atoms with Gasteiger partial charge in [0.15, 0.2) is 0 Å². The third-order valence-corrected chi connectivity index (χ3v) is 2.50. The van der Waals surface area contributed by atoms with Crippen LogP contribution in [-0.2, 0) is 0 Å². The van der Waals surface area contributed by atoms with E-state index in [4.69, 9.17) is 11.5 Å². The maximum atomic E-state index is 5.80. The summed E-state index contributed by atoms with van der Waals surface area (Å²) in [7, 11) is 0. The van der Waals surface area contributed by atoms with Gasteiger partial charge in [0.25, 0.3) is 0 Å². The minimum atomic E-state index is -0.144. The zero-order valence-corrected chi connectivity index (χ0v) is 7.91. The van der Waals surface area contributed by atoms with Crippen molar-refractivity contribution in [3.63, 3.8) is 0 Å². The monoisotopic (exact) mass is 205 g/mol. The molecule has 1 saturated heterocycles. The summed E-state index contributed by atoms with van der Waals surface area (Å²) in [6, 6.07) is 3.71. The van der Waals surface area contributed by atoms with Crippen LogP contribution in [0.1, 0.15) is 0 Å². The van der Waals surface area contributed by atoms with E-state index in [1.54, 1.807) is 22.6 Å². The van der Waals surface area contributed by atoms with Crippen LogP contribution in [0.15, 0.2) is 29.6 Å². The van der Waals surface area contributed by atoms with Gasteiger partial charge in [0.05, 0.1) is 11.9 Å². The Morgan fingerprint density at radius 2 is 2.33 bits per heavy atom. The second kappa shape index (κ2) is 2.81. The van der Waals surface area contributed by atoms with Crippen LogP contribution in [0.25, 0.3) is 0 Å². The smallest absolute Gasteiger partial charge is 0.147 e. The highest BCUT2D eigenvalue weighted by Gasteiger charge is 2.53. The molecule has 2 atom stereocenters. The first kappa shape index (κ1) is 8.45. The number of rotatable bonds is 2. The summed E-state index contributed by atoms with van der Waals surface area (Å²) in [6.07, 6.45) is 3.29. The molecule has 3 aliphatic rings. The number of anilines is 1. The number of aromatic nitrogens is 1. The fourth-order valence-electron chi connectivity index (χ4n) is 1.75. The van der Waals surface area contributed by atoms with Gasteiger partial charge in [0.1, 0.15) is 18.0 Å². The molecule has 0 saturated carbocycles. The van der Waals surface area contributed by atoms with E-state index in [0.717, 1.165) is 5.69 Å². The van der Waals surface area contributed by atoms with Gasteiger partial charge in [0.2, 0.25) is 0 Å². The third-order valence-electron chi connectivity index (χ3n) is 2.50. The number of hydrogen-bond acceptors (Lipinski definition) is 7. The highest BCUT2D eigenvalue weighted by Crippen LogP contribution is 2.30. The number of nitrogens with two attached hydrogens (primary N) is 2. The standard InChI is InChI=1S/C8H11N7/c9-7-6-8(10)15(13-7)14(6)12-5-2-1-3-11-4-5/h1-4,6,8,12H,10H2,(H2,9,13). The minimum Gasteiger partial charge on any atom is -0.384 e. The van der Waals surface area contributed by atoms with E-state index in [1.807, 2.05) is 12.1 Å². The molecular formula is C8H11N7. The van der Waals surface area contributed by atoms with Crippen LogP contribution >= 0.6 is 0 Å². The molecule has 0 aromatic carbocycles. The molecule has 1 aromatic heterocycles. The van der Waals surface area contributed by atoms with Crippen molar-refractivity contribution < 1.29 is 0 Å². The van der Waals surface area contributed by atoms with E-state index in [1.165, 1.54) is 0 Å². The summed E-state index contributed by atoms with van der Waals surface area (Å²) in [5.74, 6) is 0.541. The summed E-state index contributed by atoms with van der Waals surface area (Å²) in [5.41, 5.74) is 15.5. The van der Waals surface area contributed by atoms with Crippen molar-refractivity contribution in [3.05, 3.63) is 24.5 Å². The van der Waals surface area contributed by atoms with Crippen molar-refractivity contribution in [2.24, 2.45) is 16.6 Å². The van der Waals surface area contributed by atoms with Gasteiger partial charge in [-0.3, -0.25) is 10.4 Å². The molecule has 78 valence electrons. The SMILES string of the molecule is NC1=NN2C(N)C1N2Nc1cccnc1. The Hall–Kier alpha value is -1.86. The largest absolute Gasteiger partial charge is 0.384 e. The summed E-state index contributed by atoms with van der Waals surface area (Å²) < 4.78 is 0. The van der Waals surface area contributed by atoms with E-state index < -0.39 is 0 Å². The number of hydrogen-bond donors (Lipinski definition) is 3. The Bertz CT molecular complexity index is 403. The van der Waals surface area contributed by atoms with Crippen LogP contribution in [-0.4, -0.2) is 33.3 Å². The van der Waals surface area contributed by atoms with Gasteiger partial charge < -0.3 is 11.5 Å². The van der Waals surface area contributed by atoms with Crippen molar-refractivity contribution in [2.75, 3.05) is 5.43 Å². The maximum absolute atomic E-state index is 5.80. The average molecular weight is 205 g/mol. The van der Waals surface area contributed by atoms with E-state index >= 15 is 0 Å². The molecule has 2 bridgehead atoms. The summed E-state index contributed by atoms with van der Waals surface area (Å²) in [6.45, 7) is 0. The lowest BCUT2D eigenvalue weighted by atomic mass is 10.2. The number of nitrogens with zero attached hydrogens (tertiary/aromatic N) is 4. The molecule has 1 aromatic rings. The summed E-state index contributed by atoms with van der Waals surface area (Å²) in [4.78, 5) is 4.00. The van der Waals surface area contributed by atoms with Crippen LogP contribution in [0.2, 0.25) is 0 Å². The Balaban J connectivity index is 1.74. The van der Waals surface area contributed by atoms with Gasteiger partial charge in [-0.1, -0.05) is 0 Å². The average Bonchev–Trinajstić information content (AvgIpc) is 2.73. The van der Waals surface area contributed by atoms with Gasteiger partial charge in [-0.05, 0) is 12.1 Å². The molecule has 4 rings (SSSR count). The maximum Gasteiger partial charge on any atom is 0.147 e. The lowest BCUT2D eigenvalue weighted by molar-refractivity contribution is -0.143. The molecule has 0 amide bonds. The van der Waals surface area contributed by atoms with Crippen molar-refractivity contribution in [1.29, 1.82) is 0 Å². The van der Waals surface area contributed by atoms with Crippen LogP contribution in [0.5, 0.6) is 0 Å². The lowest BCUT2D eigenvalue weighted by Gasteiger charge is -2.46. The van der Waals surface area contributed by atoms with Crippen LogP contribution in [0.4, 0.5) is 5.69 Å². The minimum absolute atomic E-state index is 0.0507. The van der Waals surface area contributed by atoms with Crippen molar-refractivity contribution in [2.45, 2.75) is 12.2 Å². The van der Waals surface area contributed by atoms with E-state index in [0.29, 0.717) is 5.84 Å². The molecule has 0 aliphatic carbocycles. The van der Waals surface area contributed by atoms with Gasteiger partial charge in [-0.2, -0.15) is 5.12 Å². The normalized spacial score (nSPS) is 28.6. The molecule has 3 aliphatic heterocycles. The highest BCUT2D eigenvalue weighted by atomic mass is 16.0. The number of hydrazone groups is 1. The van der Waals surface area contributed by atoms with Crippen molar-refractivity contribution in [3.8, 4) is 0 Å². The molecular weight excluding hydrogens is 194 g/mol. The Kier molecular flexibility index (Phi) is 1.58. The molecule has 7 heteroatoms. The topological polar surface area (TPSA) is 95.8 Å². The second-order valence-corrected chi connectivity index (χ2v) is 3.48. The predicted octanol–water partition coefficient (Wildman–Crippen LogP) is -1.12. The second-order valence-electron chi connectivity index (χ2n) is 3.48. The Morgan fingerprint density at radius 3 is 2.87 bits per heavy atom. The number of amidine groups is 1. The van der Waals surface area contributed by atoms with Crippen LogP contribution in [0, 0.1) is 0 Å². The fraction of sp³-hybridized carbons (Fsp3) is 0.250.